The Morgan fingerprint density at radius 1 is 0.710 bits per heavy atom. The van der Waals surface area contributed by atoms with Crippen molar-refractivity contribution in [3.63, 3.8) is 0 Å². The van der Waals surface area contributed by atoms with Crippen molar-refractivity contribution in [2.24, 2.45) is 46.3 Å². The van der Waals surface area contributed by atoms with E-state index in [-0.39, 0.29) is 29.0 Å². The molecule has 27 atom stereocenters. The number of allylic oxidation sites excluding steroid dienone is 1. The van der Waals surface area contributed by atoms with Gasteiger partial charge >= 0.3 is 0 Å². The molecule has 5 heterocycles. The number of rotatable bonds is 7. The third-order valence-corrected chi connectivity index (χ3v) is 17.9. The van der Waals surface area contributed by atoms with Gasteiger partial charge in [0.2, 0.25) is 0 Å². The molecule has 62 heavy (non-hydrogen) atoms. The molecule has 8 fully saturated rings. The van der Waals surface area contributed by atoms with Crippen molar-refractivity contribution >= 4 is 0 Å². The highest BCUT2D eigenvalue weighted by Crippen LogP contribution is 2.70. The van der Waals surface area contributed by atoms with E-state index in [1.807, 2.05) is 0 Å². The summed E-state index contributed by atoms with van der Waals surface area (Å²) >= 11 is 0. The van der Waals surface area contributed by atoms with E-state index in [2.05, 4.69) is 39.1 Å². The maximum absolute atomic E-state index is 12.0. The Labute approximate surface area is 364 Å². The summed E-state index contributed by atoms with van der Waals surface area (Å²) in [5.74, 6) is 2.49. The normalized spacial score (nSPS) is 58.9. The van der Waals surface area contributed by atoms with E-state index >= 15 is 0 Å². The Balaban J connectivity index is 0.917. The summed E-state index contributed by atoms with van der Waals surface area (Å²) in [5.41, 5.74) is 0.718. The van der Waals surface area contributed by atoms with Crippen LogP contribution in [-0.4, -0.2) is 175 Å². The summed E-state index contributed by atoms with van der Waals surface area (Å²) in [4.78, 5) is 0. The van der Waals surface area contributed by atoms with Crippen molar-refractivity contribution in [1.29, 1.82) is 0 Å². The van der Waals surface area contributed by atoms with E-state index in [0.717, 1.165) is 45.1 Å². The molecule has 5 saturated heterocycles. The second kappa shape index (κ2) is 17.0. The van der Waals surface area contributed by atoms with Crippen LogP contribution in [0.25, 0.3) is 0 Å². The molecule has 0 aromatic heterocycles. The van der Waals surface area contributed by atoms with Gasteiger partial charge in [-0.1, -0.05) is 39.3 Å². The number of nitrogens with one attached hydrogen (secondary N) is 1. The molecule has 17 nitrogen and oxygen atoms in total. The molecule has 0 aromatic rings. The Kier molecular flexibility index (Phi) is 12.7. The third kappa shape index (κ3) is 7.31. The highest BCUT2D eigenvalue weighted by atomic mass is 16.8. The fourth-order valence-corrected chi connectivity index (χ4v) is 14.3. The lowest BCUT2D eigenvalue weighted by Gasteiger charge is -2.59. The summed E-state index contributed by atoms with van der Waals surface area (Å²) in [6.45, 7) is 12.6. The van der Waals surface area contributed by atoms with Crippen molar-refractivity contribution in [3.05, 3.63) is 11.6 Å². The number of ether oxygens (including phenoxy) is 7. The smallest absolute Gasteiger partial charge is 0.187 e. The van der Waals surface area contributed by atoms with Gasteiger partial charge in [-0.25, -0.2) is 0 Å². The molecule has 0 amide bonds. The maximum Gasteiger partial charge on any atom is 0.187 e. The summed E-state index contributed by atoms with van der Waals surface area (Å²) in [6, 6.07) is 0. The minimum absolute atomic E-state index is 0.0502. The van der Waals surface area contributed by atoms with Crippen LogP contribution in [0.3, 0.4) is 0 Å². The van der Waals surface area contributed by atoms with Crippen LogP contribution in [0.1, 0.15) is 92.9 Å². The number of piperidine rings is 1. The molecule has 17 heteroatoms. The quantitative estimate of drug-likeness (QED) is 0.148. The molecule has 0 bridgehead atoms. The number of hydrogen-bond donors (Lipinski definition) is 10. The molecule has 9 rings (SSSR count). The van der Waals surface area contributed by atoms with E-state index in [4.69, 9.17) is 33.2 Å². The van der Waals surface area contributed by atoms with E-state index in [0.29, 0.717) is 42.4 Å². The molecule has 0 unspecified atom stereocenters. The number of aliphatic hydroxyl groups excluding tert-OH is 9. The van der Waals surface area contributed by atoms with Crippen molar-refractivity contribution < 1.29 is 79.1 Å². The van der Waals surface area contributed by atoms with E-state index in [1.54, 1.807) is 0 Å². The van der Waals surface area contributed by atoms with Gasteiger partial charge in [-0.2, -0.15) is 0 Å². The van der Waals surface area contributed by atoms with Gasteiger partial charge in [0.15, 0.2) is 18.9 Å². The SMILES string of the molecule is C[C@H]1CN[C@@]2(O[C@H]3C[C@H]4[C@@H]5CC=C6C[C@@H](O[C@@H]7O[C@H](CO)[C@@H](O[C@@H]8O[C@@H](C)[C@H](O)[C@@H](O)[C@H]8O)[C@H](O)[C@H]7O[C@@H]7O[C@@H](C)[C@H](O)[C@@H](O)[C@H]7O)CC[C@]6(C)[C@H]5CC[C@]4(C)[C@H]3[C@@H]2C)[C@@H](O)C1. The molecule has 0 radical (unpaired) electrons. The fourth-order valence-electron chi connectivity index (χ4n) is 14.3. The Morgan fingerprint density at radius 3 is 1.98 bits per heavy atom. The van der Waals surface area contributed by atoms with E-state index in [9.17, 15) is 46.0 Å². The van der Waals surface area contributed by atoms with Gasteiger partial charge in [0.1, 0.15) is 66.8 Å². The second-order valence-corrected chi connectivity index (χ2v) is 21.3. The summed E-state index contributed by atoms with van der Waals surface area (Å²) in [7, 11) is 0. The molecule has 0 aromatic carbocycles. The highest BCUT2D eigenvalue weighted by Gasteiger charge is 2.70. The molecule has 354 valence electrons. The van der Waals surface area contributed by atoms with Crippen LogP contribution in [0.4, 0.5) is 0 Å². The predicted octanol–water partition coefficient (Wildman–Crippen LogP) is -0.214. The van der Waals surface area contributed by atoms with Gasteiger partial charge in [-0.3, -0.25) is 5.32 Å². The lowest BCUT2D eigenvalue weighted by atomic mass is 9.46. The lowest BCUT2D eigenvalue weighted by Crippen LogP contribution is -2.66. The minimum Gasteiger partial charge on any atom is -0.394 e. The topological polar surface area (TPSA) is 259 Å². The number of fused-ring (bicyclic) bond motifs is 7. The first-order valence-corrected chi connectivity index (χ1v) is 23.4. The molecule has 4 aliphatic carbocycles. The predicted molar refractivity (Wildman–Crippen MR) is 216 cm³/mol. The summed E-state index contributed by atoms with van der Waals surface area (Å²) in [6.07, 6.45) is -12.8. The first-order chi connectivity index (χ1) is 29.3. The lowest BCUT2D eigenvalue weighted by molar-refractivity contribution is -0.388. The van der Waals surface area contributed by atoms with Crippen LogP contribution in [0, 0.1) is 46.3 Å². The van der Waals surface area contributed by atoms with Crippen LogP contribution in [0.5, 0.6) is 0 Å². The van der Waals surface area contributed by atoms with Crippen LogP contribution in [0.15, 0.2) is 11.6 Å². The highest BCUT2D eigenvalue weighted by molar-refractivity contribution is 5.27. The minimum atomic E-state index is -1.72. The van der Waals surface area contributed by atoms with Crippen LogP contribution in [0.2, 0.25) is 0 Å². The Bertz CT molecular complexity index is 1640. The maximum atomic E-state index is 12.0. The van der Waals surface area contributed by atoms with Gasteiger partial charge in [0, 0.05) is 12.5 Å². The zero-order valence-electron chi connectivity index (χ0n) is 36.9. The van der Waals surface area contributed by atoms with Crippen molar-refractivity contribution in [1.82, 2.24) is 5.32 Å². The average Bonchev–Trinajstić information content (AvgIpc) is 3.70. The Hall–Kier alpha value is -0.940. The largest absolute Gasteiger partial charge is 0.394 e. The molecular weight excluding hydrogens is 810 g/mol. The van der Waals surface area contributed by atoms with Gasteiger partial charge in [0.05, 0.1) is 37.1 Å². The van der Waals surface area contributed by atoms with Crippen LogP contribution < -0.4 is 5.32 Å². The van der Waals surface area contributed by atoms with Gasteiger partial charge < -0.3 is 79.1 Å². The van der Waals surface area contributed by atoms with Gasteiger partial charge in [-0.15, -0.1) is 0 Å². The average molecular weight is 884 g/mol. The molecule has 10 N–H and O–H groups in total. The molecule has 1 spiro atoms. The third-order valence-electron chi connectivity index (χ3n) is 17.9. The van der Waals surface area contributed by atoms with E-state index < -0.39 is 111 Å². The molecule has 9 aliphatic rings. The number of hydrogen-bond acceptors (Lipinski definition) is 17. The molecular formula is C45H73NO16. The molecule has 3 saturated carbocycles. The molecule has 5 aliphatic heterocycles. The summed E-state index contributed by atoms with van der Waals surface area (Å²) < 4.78 is 43.6. The first-order valence-electron chi connectivity index (χ1n) is 23.4. The van der Waals surface area contributed by atoms with Crippen LogP contribution >= 0.6 is 0 Å². The first kappa shape index (κ1) is 46.2. The Morgan fingerprint density at radius 2 is 1.35 bits per heavy atom. The van der Waals surface area contributed by atoms with E-state index in [1.165, 1.54) is 19.4 Å². The zero-order chi connectivity index (χ0) is 44.4. The monoisotopic (exact) mass is 883 g/mol. The number of aliphatic hydroxyl groups is 9. The fraction of sp³-hybridized carbons (Fsp3) is 0.956. The standard InChI is InChI=1S/C45H73NO16/c1-18-13-29(48)45(46-16-18)19(2)30-27(62-45)15-26-24-8-7-22-14-23(9-11-43(22,5)25(24)10-12-44(26,30)6)58-42-39(61-41-36(54)34(52)32(50)21(4)57-41)37(55)38(28(17-47)59-42)60-40-35(53)33(51)31(49)20(3)56-40/h7,18-21,23-42,46-55H,8-17H2,1-6H3/t18-,19+,20+,21+,23+,24-,25+,26+,27+,28-,29+,30+,31+,32+,33-,34-,35-,36-,37+,38-,39-,40+,41+,42-,43+,44+,45+/m1/s1. The summed E-state index contributed by atoms with van der Waals surface area (Å²) in [5, 5.41) is 101. The second-order valence-electron chi connectivity index (χ2n) is 21.3. The van der Waals surface area contributed by atoms with Crippen LogP contribution in [-0.2, 0) is 33.2 Å². The zero-order valence-corrected chi connectivity index (χ0v) is 36.9. The van der Waals surface area contributed by atoms with Gasteiger partial charge in [0.25, 0.3) is 0 Å². The van der Waals surface area contributed by atoms with Crippen molar-refractivity contribution in [2.45, 2.75) is 209 Å². The van der Waals surface area contributed by atoms with Crippen molar-refractivity contribution in [3.8, 4) is 0 Å². The van der Waals surface area contributed by atoms with Crippen molar-refractivity contribution in [2.75, 3.05) is 13.2 Å². The van der Waals surface area contributed by atoms with Gasteiger partial charge in [-0.05, 0) is 106 Å².